The Labute approximate surface area is 207 Å². The molecule has 174 valence electrons. The second-order valence-corrected chi connectivity index (χ2v) is 10.7. The number of hydrogen-bond acceptors (Lipinski definition) is 2. The largest absolute Gasteiger partial charge is 0.346 e. The molecule has 0 aliphatic heterocycles. The van der Waals surface area contributed by atoms with E-state index < -0.39 is 9.84 Å². The summed E-state index contributed by atoms with van der Waals surface area (Å²) in [6, 6.07) is 37.0. The lowest BCUT2D eigenvalue weighted by Crippen LogP contribution is -2.05. The van der Waals surface area contributed by atoms with Gasteiger partial charge in [0.2, 0.25) is 9.84 Å². The maximum Gasteiger partial charge on any atom is 0.209 e. The predicted molar refractivity (Wildman–Crippen MR) is 142 cm³/mol. The zero-order valence-electron chi connectivity index (χ0n) is 19.8. The minimum absolute atomic E-state index is 0.300. The van der Waals surface area contributed by atoms with Gasteiger partial charge in [-0.3, -0.25) is 0 Å². The fourth-order valence-corrected chi connectivity index (χ4v) is 6.36. The second-order valence-electron chi connectivity index (χ2n) is 8.77. The molecule has 4 aromatic carbocycles. The Morgan fingerprint density at radius 2 is 1.17 bits per heavy atom. The molecule has 0 aliphatic rings. The summed E-state index contributed by atoms with van der Waals surface area (Å²) in [5, 5.41) is 0. The lowest BCUT2D eigenvalue weighted by atomic mass is 10.0. The van der Waals surface area contributed by atoms with E-state index in [0.717, 1.165) is 33.5 Å². The molecule has 35 heavy (non-hydrogen) atoms. The second kappa shape index (κ2) is 9.40. The van der Waals surface area contributed by atoms with Gasteiger partial charge in [-0.05, 0) is 35.7 Å². The van der Waals surface area contributed by atoms with Crippen molar-refractivity contribution in [3.8, 4) is 22.4 Å². The van der Waals surface area contributed by atoms with Crippen molar-refractivity contribution >= 4 is 9.84 Å². The normalized spacial score (nSPS) is 11.5. The number of aromatic nitrogens is 1. The average molecular weight is 478 g/mol. The van der Waals surface area contributed by atoms with Gasteiger partial charge in [0, 0.05) is 24.7 Å². The number of benzene rings is 4. The van der Waals surface area contributed by atoms with Crippen molar-refractivity contribution in [1.82, 2.24) is 4.57 Å². The van der Waals surface area contributed by atoms with E-state index in [0.29, 0.717) is 21.9 Å². The van der Waals surface area contributed by atoms with Crippen molar-refractivity contribution in [2.75, 3.05) is 0 Å². The first kappa shape index (κ1) is 22.9. The Morgan fingerprint density at radius 1 is 0.657 bits per heavy atom. The first-order valence-electron chi connectivity index (χ1n) is 11.6. The van der Waals surface area contributed by atoms with E-state index in [1.54, 1.807) is 12.1 Å². The maximum absolute atomic E-state index is 14.3. The molecule has 5 aromatic rings. The van der Waals surface area contributed by atoms with Crippen LogP contribution in [0.1, 0.15) is 16.8 Å². The zero-order chi connectivity index (χ0) is 24.4. The summed E-state index contributed by atoms with van der Waals surface area (Å²) < 4.78 is 30.7. The van der Waals surface area contributed by atoms with Crippen molar-refractivity contribution < 1.29 is 8.42 Å². The molecule has 5 rings (SSSR count). The molecule has 0 saturated heterocycles. The van der Waals surface area contributed by atoms with Crippen molar-refractivity contribution in [2.24, 2.45) is 7.05 Å². The molecule has 0 atom stereocenters. The minimum atomic E-state index is -3.83. The monoisotopic (exact) mass is 477 g/mol. The van der Waals surface area contributed by atoms with E-state index in [1.807, 2.05) is 105 Å². The highest BCUT2D eigenvalue weighted by Gasteiger charge is 2.32. The third-order valence-corrected chi connectivity index (χ3v) is 8.22. The molecule has 0 fully saturated rings. The number of nitrogens with zero attached hydrogens (tertiary/aromatic N) is 1. The SMILES string of the molecule is Cc1ccc(S(=O)(=O)c2c(-c3ccccc3)c(Cc3ccccc3)n(C)c2-c2ccccc2)cc1. The molecular formula is C31H27NO2S. The summed E-state index contributed by atoms with van der Waals surface area (Å²) in [6.45, 7) is 1.96. The summed E-state index contributed by atoms with van der Waals surface area (Å²) in [5.74, 6) is 0. The van der Waals surface area contributed by atoms with Gasteiger partial charge in [0.05, 0.1) is 10.6 Å². The Hall–Kier alpha value is -3.89. The Bertz CT molecular complexity index is 1550. The van der Waals surface area contributed by atoms with Gasteiger partial charge in [-0.15, -0.1) is 0 Å². The number of aryl methyl sites for hydroxylation is 1. The van der Waals surface area contributed by atoms with Gasteiger partial charge in [-0.1, -0.05) is 109 Å². The summed E-state index contributed by atoms with van der Waals surface area (Å²) in [4.78, 5) is 0.654. The molecule has 1 heterocycles. The van der Waals surface area contributed by atoms with Crippen molar-refractivity contribution in [2.45, 2.75) is 23.1 Å². The predicted octanol–water partition coefficient (Wildman–Crippen LogP) is 7.09. The van der Waals surface area contributed by atoms with Gasteiger partial charge in [-0.2, -0.15) is 0 Å². The Morgan fingerprint density at radius 3 is 1.74 bits per heavy atom. The van der Waals surface area contributed by atoms with Crippen LogP contribution in [0.15, 0.2) is 125 Å². The summed E-state index contributed by atoms with van der Waals surface area (Å²) in [7, 11) is -1.85. The quantitative estimate of drug-likeness (QED) is 0.262. The molecule has 0 N–H and O–H groups in total. The first-order chi connectivity index (χ1) is 17.0. The third kappa shape index (κ3) is 4.33. The smallest absolute Gasteiger partial charge is 0.209 e. The molecule has 0 amide bonds. The van der Waals surface area contributed by atoms with Gasteiger partial charge in [0.25, 0.3) is 0 Å². The standard InChI is InChI=1S/C31H27NO2S/c1-23-18-20-27(21-19-23)35(33,34)31-29(25-14-8-4-9-15-25)28(22-24-12-6-3-7-13-24)32(2)30(31)26-16-10-5-11-17-26/h3-21H,22H2,1-2H3. The minimum Gasteiger partial charge on any atom is -0.346 e. The summed E-state index contributed by atoms with van der Waals surface area (Å²) in [5.41, 5.74) is 6.34. The van der Waals surface area contributed by atoms with Crippen LogP contribution in [0.2, 0.25) is 0 Å². The molecule has 0 unspecified atom stereocenters. The van der Waals surface area contributed by atoms with Crippen LogP contribution < -0.4 is 0 Å². The van der Waals surface area contributed by atoms with Gasteiger partial charge in [0.1, 0.15) is 4.90 Å². The van der Waals surface area contributed by atoms with Crippen molar-refractivity contribution in [3.05, 3.63) is 132 Å². The van der Waals surface area contributed by atoms with Crippen molar-refractivity contribution in [3.63, 3.8) is 0 Å². The van der Waals surface area contributed by atoms with Crippen molar-refractivity contribution in [1.29, 1.82) is 0 Å². The summed E-state index contributed by atoms with van der Waals surface area (Å²) >= 11 is 0. The topological polar surface area (TPSA) is 39.1 Å². The van der Waals surface area contributed by atoms with E-state index in [-0.39, 0.29) is 0 Å². The van der Waals surface area contributed by atoms with Gasteiger partial charge < -0.3 is 4.57 Å². The lowest BCUT2D eigenvalue weighted by molar-refractivity contribution is 0.596. The molecule has 1 aromatic heterocycles. The van der Waals surface area contributed by atoms with Gasteiger partial charge >= 0.3 is 0 Å². The molecule has 0 bridgehead atoms. The maximum atomic E-state index is 14.3. The van der Waals surface area contributed by atoms with E-state index in [2.05, 4.69) is 16.7 Å². The molecule has 0 radical (unpaired) electrons. The first-order valence-corrected chi connectivity index (χ1v) is 13.1. The summed E-state index contributed by atoms with van der Waals surface area (Å²) in [6.07, 6.45) is 0.616. The number of rotatable bonds is 6. The number of hydrogen-bond donors (Lipinski definition) is 0. The van der Waals surface area contributed by atoms with E-state index in [1.165, 1.54) is 0 Å². The van der Waals surface area contributed by atoms with E-state index in [4.69, 9.17) is 0 Å². The van der Waals surface area contributed by atoms with Crippen LogP contribution in [0.25, 0.3) is 22.4 Å². The zero-order valence-corrected chi connectivity index (χ0v) is 20.7. The van der Waals surface area contributed by atoms with Crippen LogP contribution in [0.4, 0.5) is 0 Å². The highest BCUT2D eigenvalue weighted by molar-refractivity contribution is 7.91. The lowest BCUT2D eigenvalue weighted by Gasteiger charge is -2.11. The molecule has 0 saturated carbocycles. The molecule has 0 aliphatic carbocycles. The van der Waals surface area contributed by atoms with Crippen LogP contribution in [0, 0.1) is 6.92 Å². The van der Waals surface area contributed by atoms with Crippen LogP contribution in [0.5, 0.6) is 0 Å². The van der Waals surface area contributed by atoms with E-state index in [9.17, 15) is 8.42 Å². The molecule has 4 heteroatoms. The molecular weight excluding hydrogens is 450 g/mol. The molecule has 3 nitrogen and oxygen atoms in total. The van der Waals surface area contributed by atoms with Crippen LogP contribution >= 0.6 is 0 Å². The van der Waals surface area contributed by atoms with Gasteiger partial charge in [0.15, 0.2) is 0 Å². The van der Waals surface area contributed by atoms with Crippen LogP contribution in [0.3, 0.4) is 0 Å². The Kier molecular flexibility index (Phi) is 6.14. The molecule has 0 spiro atoms. The Balaban J connectivity index is 1.88. The highest BCUT2D eigenvalue weighted by Crippen LogP contribution is 2.43. The fourth-order valence-electron chi connectivity index (χ4n) is 4.62. The average Bonchev–Trinajstić information content (AvgIpc) is 3.18. The highest BCUT2D eigenvalue weighted by atomic mass is 32.2. The van der Waals surface area contributed by atoms with Crippen LogP contribution in [-0.4, -0.2) is 13.0 Å². The van der Waals surface area contributed by atoms with Gasteiger partial charge in [-0.25, -0.2) is 8.42 Å². The number of sulfone groups is 1. The van der Waals surface area contributed by atoms with E-state index >= 15 is 0 Å². The van der Waals surface area contributed by atoms with Crippen LogP contribution in [-0.2, 0) is 23.3 Å². The third-order valence-electron chi connectivity index (χ3n) is 6.40. The fraction of sp³-hybridized carbons (Fsp3) is 0.0968.